The average molecular weight is 332 g/mol. The molecule has 5 heteroatoms. The fourth-order valence-electron chi connectivity index (χ4n) is 4.39. The summed E-state index contributed by atoms with van der Waals surface area (Å²) < 4.78 is 5.48. The molecule has 1 aromatic carbocycles. The number of aromatic nitrogens is 2. The van der Waals surface area contributed by atoms with Crippen LogP contribution >= 0.6 is 0 Å². The smallest absolute Gasteiger partial charge is 0.129 e. The van der Waals surface area contributed by atoms with E-state index in [4.69, 9.17) is 9.72 Å². The van der Waals surface area contributed by atoms with Crippen molar-refractivity contribution < 1.29 is 4.74 Å². The summed E-state index contributed by atoms with van der Waals surface area (Å²) in [5.74, 6) is 1.08. The molecule has 2 atom stereocenters. The minimum absolute atomic E-state index is 0.448. The van der Waals surface area contributed by atoms with Gasteiger partial charge in [0.1, 0.15) is 5.82 Å². The second-order valence-electron chi connectivity index (χ2n) is 7.27. The first-order chi connectivity index (χ1) is 12.4. The van der Waals surface area contributed by atoms with Crippen LogP contribution < -0.4 is 9.80 Å². The Bertz CT molecular complexity index is 948. The molecule has 6 rings (SSSR count). The van der Waals surface area contributed by atoms with E-state index in [1.165, 1.54) is 27.8 Å². The third-order valence-corrected chi connectivity index (χ3v) is 5.96. The van der Waals surface area contributed by atoms with Crippen molar-refractivity contribution >= 4 is 22.4 Å². The van der Waals surface area contributed by atoms with E-state index in [1.807, 2.05) is 6.20 Å². The zero-order chi connectivity index (χ0) is 16.4. The van der Waals surface area contributed by atoms with Crippen LogP contribution in [0.4, 0.5) is 11.5 Å². The summed E-state index contributed by atoms with van der Waals surface area (Å²) in [7, 11) is 0. The number of ether oxygens (including phenoxy) is 1. The number of fused-ring (bicyclic) bond motifs is 4. The van der Waals surface area contributed by atoms with Gasteiger partial charge in [0, 0.05) is 29.7 Å². The Labute approximate surface area is 146 Å². The molecule has 126 valence electrons. The molecule has 5 heterocycles. The predicted molar refractivity (Wildman–Crippen MR) is 98.2 cm³/mol. The van der Waals surface area contributed by atoms with Gasteiger partial charge in [-0.2, -0.15) is 0 Å². The van der Waals surface area contributed by atoms with Gasteiger partial charge in [-0.3, -0.25) is 0 Å². The van der Waals surface area contributed by atoms with Gasteiger partial charge in [0.15, 0.2) is 0 Å². The zero-order valence-electron chi connectivity index (χ0n) is 14.0. The first-order valence-corrected chi connectivity index (χ1v) is 9.04. The van der Waals surface area contributed by atoms with Crippen LogP contribution in [0.25, 0.3) is 10.9 Å². The van der Waals surface area contributed by atoms with Crippen LogP contribution in [-0.4, -0.2) is 41.8 Å². The molecule has 5 nitrogen and oxygen atoms in total. The lowest BCUT2D eigenvalue weighted by Crippen LogP contribution is -2.71. The summed E-state index contributed by atoms with van der Waals surface area (Å²) in [5.41, 5.74) is 5.27. The van der Waals surface area contributed by atoms with E-state index in [2.05, 4.69) is 51.2 Å². The Morgan fingerprint density at radius 1 is 1.16 bits per heavy atom. The summed E-state index contributed by atoms with van der Waals surface area (Å²) in [6, 6.07) is 13.5. The van der Waals surface area contributed by atoms with Crippen LogP contribution in [0.2, 0.25) is 0 Å². The predicted octanol–water partition coefficient (Wildman–Crippen LogP) is 2.71. The fraction of sp³-hybridized carbons (Fsp3) is 0.350. The van der Waals surface area contributed by atoms with Crippen molar-refractivity contribution in [3.05, 3.63) is 53.9 Å². The van der Waals surface area contributed by atoms with Crippen LogP contribution in [0.1, 0.15) is 11.3 Å². The van der Waals surface area contributed by atoms with E-state index in [1.54, 1.807) is 0 Å². The molecule has 0 amide bonds. The molecule has 3 aromatic rings. The Morgan fingerprint density at radius 2 is 2.12 bits per heavy atom. The highest BCUT2D eigenvalue weighted by Crippen LogP contribution is 2.35. The van der Waals surface area contributed by atoms with E-state index in [-0.39, 0.29) is 0 Å². The number of rotatable bonds is 2. The third-order valence-electron chi connectivity index (χ3n) is 5.96. The van der Waals surface area contributed by atoms with Crippen molar-refractivity contribution in [2.75, 3.05) is 29.5 Å². The van der Waals surface area contributed by atoms with Crippen molar-refractivity contribution in [3.63, 3.8) is 0 Å². The standard InChI is InChI=1S/C20H20N4O/c1-2-4-16-14(3-1)15-7-8-23(10-17(15)22-16)13-5-6-20(21-9-13)24-11-19-18(24)12-25-19/h1-6,9,18-19,22H,7-8,10-12H2. The number of pyridine rings is 1. The summed E-state index contributed by atoms with van der Waals surface area (Å²) in [5, 5.41) is 1.38. The summed E-state index contributed by atoms with van der Waals surface area (Å²) in [6.45, 7) is 3.80. The first kappa shape index (κ1) is 13.7. The van der Waals surface area contributed by atoms with Crippen molar-refractivity contribution in [1.82, 2.24) is 9.97 Å². The highest BCUT2D eigenvalue weighted by Gasteiger charge is 2.47. The zero-order valence-corrected chi connectivity index (χ0v) is 14.0. The van der Waals surface area contributed by atoms with Gasteiger partial charge in [0.25, 0.3) is 0 Å². The van der Waals surface area contributed by atoms with Gasteiger partial charge in [-0.1, -0.05) is 18.2 Å². The molecule has 0 saturated carbocycles. The normalized spacial score (nSPS) is 24.5. The molecule has 2 saturated heterocycles. The molecule has 0 aliphatic carbocycles. The van der Waals surface area contributed by atoms with Gasteiger partial charge in [0.2, 0.25) is 0 Å². The summed E-state index contributed by atoms with van der Waals surface area (Å²) in [6.07, 6.45) is 3.55. The maximum atomic E-state index is 5.48. The van der Waals surface area contributed by atoms with Gasteiger partial charge >= 0.3 is 0 Å². The number of hydrogen-bond acceptors (Lipinski definition) is 4. The molecule has 2 aromatic heterocycles. The SMILES string of the molecule is c1ccc2c3c([nH]c2c1)CN(c1ccc(N2CC4OCC42)nc1)CC3. The molecular weight excluding hydrogens is 312 g/mol. The van der Waals surface area contributed by atoms with E-state index >= 15 is 0 Å². The molecule has 0 radical (unpaired) electrons. The molecule has 2 unspecified atom stereocenters. The number of hydrogen-bond donors (Lipinski definition) is 1. The monoisotopic (exact) mass is 332 g/mol. The number of benzene rings is 1. The van der Waals surface area contributed by atoms with Crippen LogP contribution in [0.5, 0.6) is 0 Å². The van der Waals surface area contributed by atoms with Crippen molar-refractivity contribution in [3.8, 4) is 0 Å². The number of anilines is 2. The summed E-state index contributed by atoms with van der Waals surface area (Å²) >= 11 is 0. The lowest BCUT2D eigenvalue weighted by atomic mass is 9.95. The molecule has 25 heavy (non-hydrogen) atoms. The van der Waals surface area contributed by atoms with Crippen LogP contribution in [0, 0.1) is 0 Å². The summed E-state index contributed by atoms with van der Waals surface area (Å²) in [4.78, 5) is 13.1. The Morgan fingerprint density at radius 3 is 2.88 bits per heavy atom. The maximum absolute atomic E-state index is 5.48. The number of morpholine rings is 1. The number of para-hydroxylation sites is 1. The second kappa shape index (κ2) is 4.99. The molecule has 1 N–H and O–H groups in total. The van der Waals surface area contributed by atoms with Gasteiger partial charge < -0.3 is 19.5 Å². The molecule has 2 fully saturated rings. The molecular formula is C20H20N4O. The van der Waals surface area contributed by atoms with Crippen molar-refractivity contribution in [2.24, 2.45) is 0 Å². The highest BCUT2D eigenvalue weighted by molar-refractivity contribution is 5.85. The highest BCUT2D eigenvalue weighted by atomic mass is 16.5. The number of nitrogens with one attached hydrogen (secondary N) is 1. The minimum atomic E-state index is 0.448. The largest absolute Gasteiger partial charge is 0.372 e. The fourth-order valence-corrected chi connectivity index (χ4v) is 4.39. The molecule has 0 bridgehead atoms. The molecule has 0 spiro atoms. The quantitative estimate of drug-likeness (QED) is 0.784. The number of H-pyrrole nitrogens is 1. The van der Waals surface area contributed by atoms with Crippen LogP contribution in [-0.2, 0) is 17.7 Å². The molecule has 3 aliphatic heterocycles. The van der Waals surface area contributed by atoms with E-state index in [0.29, 0.717) is 12.1 Å². The van der Waals surface area contributed by atoms with Gasteiger partial charge in [-0.15, -0.1) is 0 Å². The van der Waals surface area contributed by atoms with Crippen molar-refractivity contribution in [2.45, 2.75) is 25.1 Å². The van der Waals surface area contributed by atoms with Crippen LogP contribution in [0.3, 0.4) is 0 Å². The topological polar surface area (TPSA) is 44.4 Å². The van der Waals surface area contributed by atoms with Gasteiger partial charge in [0.05, 0.1) is 37.2 Å². The van der Waals surface area contributed by atoms with E-state index in [9.17, 15) is 0 Å². The Hall–Kier alpha value is -2.53. The Balaban J connectivity index is 1.25. The average Bonchev–Trinajstić information content (AvgIpc) is 3.02. The van der Waals surface area contributed by atoms with E-state index < -0.39 is 0 Å². The van der Waals surface area contributed by atoms with Gasteiger partial charge in [-0.25, -0.2) is 4.98 Å². The van der Waals surface area contributed by atoms with E-state index in [0.717, 1.165) is 38.5 Å². The first-order valence-electron chi connectivity index (χ1n) is 9.04. The van der Waals surface area contributed by atoms with Gasteiger partial charge in [-0.05, 0) is 30.2 Å². The van der Waals surface area contributed by atoms with Crippen molar-refractivity contribution in [1.29, 1.82) is 0 Å². The number of aromatic amines is 1. The maximum Gasteiger partial charge on any atom is 0.129 e. The Kier molecular flexibility index (Phi) is 2.74. The molecule has 3 aliphatic rings. The number of nitrogens with zero attached hydrogens (tertiary/aromatic N) is 3. The minimum Gasteiger partial charge on any atom is -0.372 e. The second-order valence-corrected chi connectivity index (χ2v) is 7.27. The lowest BCUT2D eigenvalue weighted by Gasteiger charge is -2.55. The van der Waals surface area contributed by atoms with Crippen LogP contribution in [0.15, 0.2) is 42.6 Å². The lowest BCUT2D eigenvalue weighted by molar-refractivity contribution is -0.113. The third kappa shape index (κ3) is 1.96.